The Labute approximate surface area is 117 Å². The third-order valence-corrected chi connectivity index (χ3v) is 3.32. The van der Waals surface area contributed by atoms with Gasteiger partial charge in [0.15, 0.2) is 0 Å². The summed E-state index contributed by atoms with van der Waals surface area (Å²) >= 11 is 6.05. The van der Waals surface area contributed by atoms with E-state index in [2.05, 4.69) is 15.3 Å². The van der Waals surface area contributed by atoms with E-state index in [-0.39, 0.29) is 5.91 Å². The van der Waals surface area contributed by atoms with E-state index in [9.17, 15) is 4.79 Å². The van der Waals surface area contributed by atoms with Gasteiger partial charge in [-0.2, -0.15) is 0 Å². The summed E-state index contributed by atoms with van der Waals surface area (Å²) in [6, 6.07) is 5.89. The number of aryl methyl sites for hydroxylation is 2. The maximum atomic E-state index is 11.7. The van der Waals surface area contributed by atoms with E-state index < -0.39 is 0 Å². The molecule has 0 saturated carbocycles. The number of benzene rings is 1. The maximum Gasteiger partial charge on any atom is 0.220 e. The number of nitrogens with zero attached hydrogens (tertiary/aromatic N) is 1. The highest BCUT2D eigenvalue weighted by atomic mass is 35.5. The van der Waals surface area contributed by atoms with Crippen LogP contribution < -0.4 is 5.32 Å². The Morgan fingerprint density at radius 2 is 2.32 bits per heavy atom. The Kier molecular flexibility index (Phi) is 4.58. The molecule has 19 heavy (non-hydrogen) atoms. The third-order valence-electron chi connectivity index (χ3n) is 2.91. The van der Waals surface area contributed by atoms with Crippen molar-refractivity contribution in [3.05, 3.63) is 52.6 Å². The first-order chi connectivity index (χ1) is 9.15. The molecule has 5 heteroatoms. The number of carbonyl (C=O) groups is 1. The maximum absolute atomic E-state index is 11.7. The SMILES string of the molecule is Cc1ccc(CCC(=O)NCc2cnc[nH]2)cc1Cl. The molecule has 100 valence electrons. The molecule has 0 atom stereocenters. The molecule has 0 bridgehead atoms. The number of carbonyl (C=O) groups excluding carboxylic acids is 1. The second-order valence-corrected chi connectivity index (χ2v) is 4.84. The summed E-state index contributed by atoms with van der Waals surface area (Å²) in [5.74, 6) is 0.0197. The fourth-order valence-electron chi connectivity index (χ4n) is 1.71. The van der Waals surface area contributed by atoms with E-state index in [4.69, 9.17) is 11.6 Å². The van der Waals surface area contributed by atoms with Crippen LogP contribution in [0.1, 0.15) is 23.2 Å². The molecule has 0 aliphatic heterocycles. The molecule has 0 radical (unpaired) electrons. The Hall–Kier alpha value is -1.81. The summed E-state index contributed by atoms with van der Waals surface area (Å²) in [6.45, 7) is 2.44. The number of halogens is 1. The highest BCUT2D eigenvalue weighted by Gasteiger charge is 2.04. The number of nitrogens with one attached hydrogen (secondary N) is 2. The lowest BCUT2D eigenvalue weighted by molar-refractivity contribution is -0.121. The van der Waals surface area contributed by atoms with Crippen LogP contribution in [0.2, 0.25) is 5.02 Å². The van der Waals surface area contributed by atoms with E-state index in [1.807, 2.05) is 25.1 Å². The van der Waals surface area contributed by atoms with Crippen molar-refractivity contribution in [3.8, 4) is 0 Å². The zero-order valence-electron chi connectivity index (χ0n) is 10.7. The summed E-state index contributed by atoms with van der Waals surface area (Å²) < 4.78 is 0. The first kappa shape index (κ1) is 13.6. The number of aromatic nitrogens is 2. The standard InChI is InChI=1S/C14H16ClN3O/c1-10-2-3-11(6-13(10)15)4-5-14(19)17-8-12-7-16-9-18-12/h2-3,6-7,9H,4-5,8H2,1H3,(H,16,18)(H,17,19). The first-order valence-corrected chi connectivity index (χ1v) is 6.52. The minimum absolute atomic E-state index is 0.0197. The fraction of sp³-hybridized carbons (Fsp3) is 0.286. The van der Waals surface area contributed by atoms with Crippen molar-refractivity contribution >= 4 is 17.5 Å². The molecule has 0 fully saturated rings. The summed E-state index contributed by atoms with van der Waals surface area (Å²) in [4.78, 5) is 18.5. The highest BCUT2D eigenvalue weighted by Crippen LogP contribution is 2.17. The fourth-order valence-corrected chi connectivity index (χ4v) is 1.92. The Morgan fingerprint density at radius 1 is 1.47 bits per heavy atom. The number of hydrogen-bond acceptors (Lipinski definition) is 2. The molecule has 0 aliphatic rings. The van der Waals surface area contributed by atoms with Gasteiger partial charge in [-0.1, -0.05) is 23.7 Å². The third kappa shape index (κ3) is 4.10. The predicted octanol–water partition coefficient (Wildman–Crippen LogP) is 2.62. The molecule has 2 aromatic rings. The Bertz CT molecular complexity index is 552. The molecule has 1 amide bonds. The van der Waals surface area contributed by atoms with Gasteiger partial charge in [0.1, 0.15) is 0 Å². The number of rotatable bonds is 5. The first-order valence-electron chi connectivity index (χ1n) is 6.14. The smallest absolute Gasteiger partial charge is 0.220 e. The van der Waals surface area contributed by atoms with Gasteiger partial charge in [-0.3, -0.25) is 4.79 Å². The summed E-state index contributed by atoms with van der Waals surface area (Å²) in [7, 11) is 0. The molecule has 0 aliphatic carbocycles. The quantitative estimate of drug-likeness (QED) is 0.883. The van der Waals surface area contributed by atoms with Crippen LogP contribution >= 0.6 is 11.6 Å². The zero-order valence-corrected chi connectivity index (χ0v) is 11.5. The number of aromatic amines is 1. The number of hydrogen-bond donors (Lipinski definition) is 2. The summed E-state index contributed by atoms with van der Waals surface area (Å²) in [5.41, 5.74) is 3.02. The Balaban J connectivity index is 1.78. The van der Waals surface area contributed by atoms with E-state index in [0.29, 0.717) is 19.4 Å². The molecule has 4 nitrogen and oxygen atoms in total. The van der Waals surface area contributed by atoms with Crippen molar-refractivity contribution in [2.45, 2.75) is 26.3 Å². The molecule has 0 saturated heterocycles. The summed E-state index contributed by atoms with van der Waals surface area (Å²) in [5, 5.41) is 3.58. The van der Waals surface area contributed by atoms with E-state index in [0.717, 1.165) is 21.8 Å². The van der Waals surface area contributed by atoms with Gasteiger partial charge in [0.05, 0.1) is 18.6 Å². The predicted molar refractivity (Wildman–Crippen MR) is 74.9 cm³/mol. The molecule has 1 heterocycles. The van der Waals surface area contributed by atoms with Crippen LogP contribution in [0.3, 0.4) is 0 Å². The van der Waals surface area contributed by atoms with Crippen LogP contribution in [0.5, 0.6) is 0 Å². The van der Waals surface area contributed by atoms with Gasteiger partial charge >= 0.3 is 0 Å². The normalized spacial score (nSPS) is 10.4. The number of imidazole rings is 1. The van der Waals surface area contributed by atoms with Crippen molar-refractivity contribution in [1.29, 1.82) is 0 Å². The van der Waals surface area contributed by atoms with Crippen LogP contribution in [0.15, 0.2) is 30.7 Å². The van der Waals surface area contributed by atoms with Crippen molar-refractivity contribution in [3.63, 3.8) is 0 Å². The van der Waals surface area contributed by atoms with Crippen LogP contribution in [-0.4, -0.2) is 15.9 Å². The monoisotopic (exact) mass is 277 g/mol. The largest absolute Gasteiger partial charge is 0.350 e. The summed E-state index contributed by atoms with van der Waals surface area (Å²) in [6.07, 6.45) is 4.43. The molecule has 0 unspecified atom stereocenters. The van der Waals surface area contributed by atoms with Gasteiger partial charge in [-0.25, -0.2) is 4.98 Å². The van der Waals surface area contributed by atoms with Crippen molar-refractivity contribution < 1.29 is 4.79 Å². The zero-order chi connectivity index (χ0) is 13.7. The van der Waals surface area contributed by atoms with Gasteiger partial charge in [0.2, 0.25) is 5.91 Å². The van der Waals surface area contributed by atoms with E-state index in [1.54, 1.807) is 12.5 Å². The van der Waals surface area contributed by atoms with Gasteiger partial charge in [0, 0.05) is 17.6 Å². The minimum atomic E-state index is 0.0197. The molecular weight excluding hydrogens is 262 g/mol. The van der Waals surface area contributed by atoms with Crippen LogP contribution in [0, 0.1) is 6.92 Å². The van der Waals surface area contributed by atoms with Gasteiger partial charge < -0.3 is 10.3 Å². The molecule has 2 N–H and O–H groups in total. The molecule has 1 aromatic carbocycles. The molecular formula is C14H16ClN3O. The van der Waals surface area contributed by atoms with Crippen molar-refractivity contribution in [1.82, 2.24) is 15.3 Å². The molecule has 0 spiro atoms. The van der Waals surface area contributed by atoms with Crippen LogP contribution in [0.4, 0.5) is 0 Å². The average Bonchev–Trinajstić information content (AvgIpc) is 2.91. The van der Waals surface area contributed by atoms with Gasteiger partial charge in [-0.05, 0) is 30.5 Å². The lowest BCUT2D eigenvalue weighted by Crippen LogP contribution is -2.23. The highest BCUT2D eigenvalue weighted by molar-refractivity contribution is 6.31. The molecule has 2 rings (SSSR count). The van der Waals surface area contributed by atoms with Gasteiger partial charge in [0.25, 0.3) is 0 Å². The topological polar surface area (TPSA) is 57.8 Å². The van der Waals surface area contributed by atoms with E-state index >= 15 is 0 Å². The lowest BCUT2D eigenvalue weighted by atomic mass is 10.1. The van der Waals surface area contributed by atoms with Crippen molar-refractivity contribution in [2.75, 3.05) is 0 Å². The van der Waals surface area contributed by atoms with Gasteiger partial charge in [-0.15, -0.1) is 0 Å². The minimum Gasteiger partial charge on any atom is -0.350 e. The molecule has 1 aromatic heterocycles. The van der Waals surface area contributed by atoms with Crippen LogP contribution in [-0.2, 0) is 17.8 Å². The Morgan fingerprint density at radius 3 is 3.00 bits per heavy atom. The van der Waals surface area contributed by atoms with Crippen molar-refractivity contribution in [2.24, 2.45) is 0 Å². The lowest BCUT2D eigenvalue weighted by Gasteiger charge is -2.05. The second-order valence-electron chi connectivity index (χ2n) is 4.44. The van der Waals surface area contributed by atoms with Crippen LogP contribution in [0.25, 0.3) is 0 Å². The number of amides is 1. The average molecular weight is 278 g/mol. The number of H-pyrrole nitrogens is 1. The van der Waals surface area contributed by atoms with E-state index in [1.165, 1.54) is 0 Å². The second kappa shape index (κ2) is 6.38.